The molecule has 1 aliphatic rings. The number of pyridine rings is 2. The van der Waals surface area contributed by atoms with E-state index in [0.717, 1.165) is 17.4 Å². The molecule has 0 spiro atoms. The number of carboxylic acids is 1. The molecule has 0 saturated carbocycles. The van der Waals surface area contributed by atoms with Gasteiger partial charge in [-0.15, -0.1) is 0 Å². The molecule has 1 atom stereocenters. The van der Waals surface area contributed by atoms with Gasteiger partial charge in [0.15, 0.2) is 0 Å². The van der Waals surface area contributed by atoms with Crippen molar-refractivity contribution in [2.24, 2.45) is 0 Å². The molecule has 0 amide bonds. The SMILES string of the molecule is CNn1cc(C(=O)O)c(=O)c2cc(F)c(C3CCc4ncccc4N3)cc21. The molecule has 138 valence electrons. The first-order valence-corrected chi connectivity index (χ1v) is 8.50. The summed E-state index contributed by atoms with van der Waals surface area (Å²) in [5, 5.41) is 12.5. The number of aromatic carboxylic acids is 1. The molecule has 27 heavy (non-hydrogen) atoms. The Bertz CT molecular complexity index is 1130. The Kier molecular flexibility index (Phi) is 4.02. The van der Waals surface area contributed by atoms with Crippen molar-refractivity contribution in [2.45, 2.75) is 18.9 Å². The number of fused-ring (bicyclic) bond motifs is 2. The van der Waals surface area contributed by atoms with E-state index in [1.807, 2.05) is 12.1 Å². The number of carbonyl (C=O) groups is 1. The van der Waals surface area contributed by atoms with Gasteiger partial charge in [0.1, 0.15) is 11.4 Å². The molecule has 3 heterocycles. The summed E-state index contributed by atoms with van der Waals surface area (Å²) >= 11 is 0. The van der Waals surface area contributed by atoms with Crippen LogP contribution in [0, 0.1) is 5.82 Å². The van der Waals surface area contributed by atoms with Crippen molar-refractivity contribution in [3.8, 4) is 0 Å². The molecule has 3 N–H and O–H groups in total. The number of carboxylic acid groups (broad SMARTS) is 1. The van der Waals surface area contributed by atoms with Crippen molar-refractivity contribution in [1.82, 2.24) is 9.66 Å². The standard InChI is InChI=1S/C19H17FN4O3/c1-21-24-9-12(19(26)27)18(25)11-7-13(20)10(8-17(11)24)14-4-5-15-16(23-14)3-2-6-22-15/h2-3,6-9,14,21,23H,4-5H2,1H3,(H,26,27). The van der Waals surface area contributed by atoms with Crippen LogP contribution in [-0.4, -0.2) is 27.8 Å². The van der Waals surface area contributed by atoms with E-state index in [0.29, 0.717) is 23.9 Å². The number of anilines is 1. The van der Waals surface area contributed by atoms with E-state index < -0.39 is 22.8 Å². The Morgan fingerprint density at radius 2 is 2.26 bits per heavy atom. The first kappa shape index (κ1) is 17.0. The number of hydrogen-bond acceptors (Lipinski definition) is 5. The van der Waals surface area contributed by atoms with Gasteiger partial charge in [0, 0.05) is 25.0 Å². The third-order valence-electron chi connectivity index (χ3n) is 4.86. The normalized spacial score (nSPS) is 15.9. The van der Waals surface area contributed by atoms with E-state index in [4.69, 9.17) is 0 Å². The Morgan fingerprint density at radius 3 is 3.00 bits per heavy atom. The van der Waals surface area contributed by atoms with Crippen LogP contribution >= 0.6 is 0 Å². The largest absolute Gasteiger partial charge is 0.477 e. The lowest BCUT2D eigenvalue weighted by atomic mass is 9.94. The van der Waals surface area contributed by atoms with E-state index in [1.54, 1.807) is 19.3 Å². The van der Waals surface area contributed by atoms with Gasteiger partial charge in [-0.2, -0.15) is 0 Å². The molecule has 1 aromatic carbocycles. The zero-order valence-electron chi connectivity index (χ0n) is 14.5. The fourth-order valence-electron chi connectivity index (χ4n) is 3.51. The maximum absolute atomic E-state index is 14.9. The van der Waals surface area contributed by atoms with Crippen molar-refractivity contribution >= 4 is 22.6 Å². The predicted octanol–water partition coefficient (Wildman–Crippen LogP) is 2.51. The molecule has 7 nitrogen and oxygen atoms in total. The Hall–Kier alpha value is -3.42. The molecule has 0 radical (unpaired) electrons. The zero-order valence-corrected chi connectivity index (χ0v) is 14.5. The number of aromatic nitrogens is 2. The van der Waals surface area contributed by atoms with Gasteiger partial charge in [-0.1, -0.05) is 0 Å². The van der Waals surface area contributed by atoms with Gasteiger partial charge < -0.3 is 15.8 Å². The van der Waals surface area contributed by atoms with Gasteiger partial charge >= 0.3 is 5.97 Å². The Balaban J connectivity index is 1.86. The van der Waals surface area contributed by atoms with Gasteiger partial charge in [0.2, 0.25) is 5.43 Å². The summed E-state index contributed by atoms with van der Waals surface area (Å²) in [7, 11) is 1.60. The van der Waals surface area contributed by atoms with Crippen LogP contribution in [0.15, 0.2) is 41.5 Å². The van der Waals surface area contributed by atoms with Crippen molar-refractivity contribution in [1.29, 1.82) is 0 Å². The van der Waals surface area contributed by atoms with Gasteiger partial charge in [-0.3, -0.25) is 14.5 Å². The molecule has 3 aromatic rings. The number of benzene rings is 1. The predicted molar refractivity (Wildman–Crippen MR) is 99.3 cm³/mol. The molecule has 1 aliphatic heterocycles. The second kappa shape index (κ2) is 6.39. The molecule has 0 bridgehead atoms. The molecule has 0 fully saturated rings. The quantitative estimate of drug-likeness (QED) is 0.657. The summed E-state index contributed by atoms with van der Waals surface area (Å²) in [4.78, 5) is 28.0. The van der Waals surface area contributed by atoms with Crippen LogP contribution in [0.3, 0.4) is 0 Å². The minimum atomic E-state index is -1.35. The van der Waals surface area contributed by atoms with Gasteiger partial charge in [0.25, 0.3) is 0 Å². The van der Waals surface area contributed by atoms with Crippen LogP contribution in [0.5, 0.6) is 0 Å². The van der Waals surface area contributed by atoms with Crippen LogP contribution in [0.1, 0.15) is 34.1 Å². The van der Waals surface area contributed by atoms with Crippen molar-refractivity contribution in [3.63, 3.8) is 0 Å². The number of halogens is 1. The van der Waals surface area contributed by atoms with Crippen molar-refractivity contribution < 1.29 is 14.3 Å². The smallest absolute Gasteiger partial charge is 0.341 e. The third kappa shape index (κ3) is 2.79. The maximum Gasteiger partial charge on any atom is 0.341 e. The highest BCUT2D eigenvalue weighted by Crippen LogP contribution is 2.33. The first-order chi connectivity index (χ1) is 13.0. The van der Waals surface area contributed by atoms with Gasteiger partial charge in [-0.25, -0.2) is 9.18 Å². The van der Waals surface area contributed by atoms with Crippen LogP contribution in [0.4, 0.5) is 10.1 Å². The second-order valence-corrected chi connectivity index (χ2v) is 6.39. The van der Waals surface area contributed by atoms with Gasteiger partial charge in [0.05, 0.1) is 28.3 Å². The van der Waals surface area contributed by atoms with Crippen LogP contribution < -0.4 is 16.2 Å². The second-order valence-electron chi connectivity index (χ2n) is 6.39. The summed E-state index contributed by atoms with van der Waals surface area (Å²) < 4.78 is 16.3. The van der Waals surface area contributed by atoms with Crippen LogP contribution in [-0.2, 0) is 6.42 Å². The summed E-state index contributed by atoms with van der Waals surface area (Å²) in [5.74, 6) is -1.90. The Labute approximate surface area is 153 Å². The van der Waals surface area contributed by atoms with E-state index in [2.05, 4.69) is 15.7 Å². The van der Waals surface area contributed by atoms with Gasteiger partial charge in [-0.05, 0) is 37.1 Å². The summed E-state index contributed by atoms with van der Waals surface area (Å²) in [6.45, 7) is 0. The van der Waals surface area contributed by atoms with E-state index in [9.17, 15) is 19.1 Å². The lowest BCUT2D eigenvalue weighted by molar-refractivity contribution is 0.0695. The summed E-state index contributed by atoms with van der Waals surface area (Å²) in [6.07, 6.45) is 4.30. The molecular weight excluding hydrogens is 351 g/mol. The highest BCUT2D eigenvalue weighted by molar-refractivity contribution is 5.93. The first-order valence-electron chi connectivity index (χ1n) is 8.50. The van der Waals surface area contributed by atoms with E-state index >= 15 is 0 Å². The summed E-state index contributed by atoms with van der Waals surface area (Å²) in [5.41, 5.74) is 4.33. The number of rotatable bonds is 3. The highest BCUT2D eigenvalue weighted by atomic mass is 19.1. The van der Waals surface area contributed by atoms with E-state index in [-0.39, 0.29) is 11.4 Å². The van der Waals surface area contributed by atoms with Crippen LogP contribution in [0.2, 0.25) is 0 Å². The molecule has 4 rings (SSSR count). The lowest BCUT2D eigenvalue weighted by Gasteiger charge is -2.27. The average molecular weight is 368 g/mol. The van der Waals surface area contributed by atoms with Crippen molar-refractivity contribution in [3.05, 3.63) is 69.5 Å². The molecule has 1 unspecified atom stereocenters. The molecular formula is C19H17FN4O3. The number of nitrogens with zero attached hydrogens (tertiary/aromatic N) is 2. The monoisotopic (exact) mass is 368 g/mol. The molecule has 2 aromatic heterocycles. The molecule has 8 heteroatoms. The van der Waals surface area contributed by atoms with E-state index in [1.165, 1.54) is 10.9 Å². The summed E-state index contributed by atoms with van der Waals surface area (Å²) in [6, 6.07) is 6.15. The number of nitrogens with one attached hydrogen (secondary N) is 2. The topological polar surface area (TPSA) is 96.3 Å². The number of hydrogen-bond donors (Lipinski definition) is 3. The lowest BCUT2D eigenvalue weighted by Crippen LogP contribution is -2.24. The fraction of sp³-hybridized carbons (Fsp3) is 0.211. The van der Waals surface area contributed by atoms with Crippen molar-refractivity contribution in [2.75, 3.05) is 17.8 Å². The number of aryl methyl sites for hydroxylation is 1. The van der Waals surface area contributed by atoms with Crippen LogP contribution in [0.25, 0.3) is 10.9 Å². The third-order valence-corrected chi connectivity index (χ3v) is 4.86. The zero-order chi connectivity index (χ0) is 19.1. The molecule has 0 aliphatic carbocycles. The average Bonchev–Trinajstić information content (AvgIpc) is 2.67. The maximum atomic E-state index is 14.9. The highest BCUT2D eigenvalue weighted by Gasteiger charge is 2.24. The fourth-order valence-corrected chi connectivity index (χ4v) is 3.51. The minimum absolute atomic E-state index is 0.0170. The minimum Gasteiger partial charge on any atom is -0.477 e. The Morgan fingerprint density at radius 1 is 1.44 bits per heavy atom. The molecule has 0 saturated heterocycles.